The van der Waals surface area contributed by atoms with Gasteiger partial charge in [0.25, 0.3) is 11.4 Å². The zero-order chi connectivity index (χ0) is 29.9. The summed E-state index contributed by atoms with van der Waals surface area (Å²) in [5, 5.41) is 50.5. The molecule has 2 aromatic rings. The van der Waals surface area contributed by atoms with E-state index in [1.807, 2.05) is 4.90 Å². The van der Waals surface area contributed by atoms with Crippen molar-refractivity contribution in [3.8, 4) is 17.6 Å². The maximum absolute atomic E-state index is 11.9. The van der Waals surface area contributed by atoms with Crippen molar-refractivity contribution in [1.82, 2.24) is 4.90 Å². The Hall–Kier alpha value is -4.19. The predicted molar refractivity (Wildman–Crippen MR) is 140 cm³/mol. The lowest BCUT2D eigenvalue weighted by molar-refractivity contribution is -0.385. The average molecular weight is 597 g/mol. The van der Waals surface area contributed by atoms with Crippen LogP contribution in [0, 0.1) is 51.3 Å². The third kappa shape index (κ3) is 6.17. The van der Waals surface area contributed by atoms with Crippen LogP contribution in [-0.4, -0.2) is 69.2 Å². The van der Waals surface area contributed by atoms with Gasteiger partial charge in [0.15, 0.2) is 10.0 Å². The van der Waals surface area contributed by atoms with Crippen LogP contribution in [0.2, 0.25) is 10.0 Å². The summed E-state index contributed by atoms with van der Waals surface area (Å²) in [5.41, 5.74) is -2.15. The van der Waals surface area contributed by atoms with Crippen LogP contribution in [0.1, 0.15) is 38.3 Å². The lowest BCUT2D eigenvalue weighted by Crippen LogP contribution is -2.42. The molecule has 14 nitrogen and oxygen atoms in total. The van der Waals surface area contributed by atoms with E-state index in [9.17, 15) is 45.3 Å². The lowest BCUT2D eigenvalue weighted by atomic mass is 10.00. The number of hydrogen-bond donors (Lipinski definition) is 2. The molecule has 0 aromatic heterocycles. The number of aromatic carboxylic acids is 2. The predicted octanol–water partition coefficient (Wildman–Crippen LogP) is 4.49. The van der Waals surface area contributed by atoms with E-state index in [2.05, 4.69) is 6.07 Å². The van der Waals surface area contributed by atoms with Crippen LogP contribution in [0.25, 0.3) is 0 Å². The van der Waals surface area contributed by atoms with Gasteiger partial charge in [0.1, 0.15) is 24.7 Å². The summed E-state index contributed by atoms with van der Waals surface area (Å²) < 4.78 is 11.6. The first kappa shape index (κ1) is 30.4. The number of nitro benzene ring substituents is 2. The van der Waals surface area contributed by atoms with E-state index in [0.29, 0.717) is 19.5 Å². The SMILES string of the molecule is Cc1c(OCC(COc2cc(C(=O)O)cc([N+](=O)[O-])c2Cl)N2CCC(C#N)C2)c(Cl)c([N+](=O)[O-])c(C)c1C(=O)O. The number of carboxylic acids is 2. The van der Waals surface area contributed by atoms with E-state index >= 15 is 0 Å². The third-order valence-electron chi connectivity index (χ3n) is 6.48. The van der Waals surface area contributed by atoms with Gasteiger partial charge in [-0.25, -0.2) is 9.59 Å². The van der Waals surface area contributed by atoms with Crippen LogP contribution in [0.5, 0.6) is 11.5 Å². The van der Waals surface area contributed by atoms with Gasteiger partial charge in [-0.1, -0.05) is 23.2 Å². The number of nitriles is 1. The minimum Gasteiger partial charge on any atom is -0.490 e. The van der Waals surface area contributed by atoms with Crippen molar-refractivity contribution < 1.29 is 39.1 Å². The van der Waals surface area contributed by atoms with Crippen molar-refractivity contribution in [2.45, 2.75) is 26.3 Å². The molecular weight excluding hydrogens is 575 g/mol. The zero-order valence-corrected chi connectivity index (χ0v) is 22.6. The molecule has 1 heterocycles. The summed E-state index contributed by atoms with van der Waals surface area (Å²) in [5.74, 6) is -3.67. The van der Waals surface area contributed by atoms with Crippen molar-refractivity contribution in [2.75, 3.05) is 26.3 Å². The molecule has 0 radical (unpaired) electrons. The van der Waals surface area contributed by atoms with Crippen molar-refractivity contribution >= 4 is 46.5 Å². The standard InChI is InChI=1S/C24H22Cl2N4O10/c1-11-18(24(33)34)12(2)22(20(26)21(11)30(37)38)40-10-15(28-4-3-13(7-27)8-28)9-39-17-6-14(23(31)32)5-16(19(17)25)29(35)36/h5-6,13,15H,3-4,8-10H2,1-2H3,(H,31,32)(H,33,34). The van der Waals surface area contributed by atoms with Crippen molar-refractivity contribution in [3.63, 3.8) is 0 Å². The Kier molecular flexibility index (Phi) is 9.36. The van der Waals surface area contributed by atoms with Gasteiger partial charge in [0.05, 0.1) is 39.0 Å². The molecule has 1 saturated heterocycles. The van der Waals surface area contributed by atoms with Crippen molar-refractivity contribution in [1.29, 1.82) is 5.26 Å². The minimum atomic E-state index is -1.44. The summed E-state index contributed by atoms with van der Waals surface area (Å²) in [7, 11) is 0. The number of nitro groups is 2. The lowest BCUT2D eigenvalue weighted by Gasteiger charge is -2.28. The van der Waals surface area contributed by atoms with E-state index in [-0.39, 0.29) is 47.3 Å². The van der Waals surface area contributed by atoms with Crippen LogP contribution in [0.3, 0.4) is 0 Å². The number of hydrogen-bond acceptors (Lipinski definition) is 10. The molecule has 0 amide bonds. The van der Waals surface area contributed by atoms with Crippen LogP contribution in [0.15, 0.2) is 12.1 Å². The summed E-state index contributed by atoms with van der Waals surface area (Å²) in [6.07, 6.45) is 0.521. The Morgan fingerprint density at radius 3 is 2.27 bits per heavy atom. The molecule has 40 heavy (non-hydrogen) atoms. The number of benzene rings is 2. The first-order valence-electron chi connectivity index (χ1n) is 11.6. The molecule has 0 bridgehead atoms. The van der Waals surface area contributed by atoms with E-state index in [0.717, 1.165) is 12.1 Å². The quantitative estimate of drug-likeness (QED) is 0.271. The second-order valence-electron chi connectivity index (χ2n) is 8.93. The number of likely N-dealkylation sites (tertiary alicyclic amines) is 1. The third-order valence-corrected chi connectivity index (χ3v) is 7.21. The molecular formula is C24H22Cl2N4O10. The Balaban J connectivity index is 1.97. The van der Waals surface area contributed by atoms with Gasteiger partial charge in [0, 0.05) is 30.3 Å². The fourth-order valence-corrected chi connectivity index (χ4v) is 5.09. The van der Waals surface area contributed by atoms with E-state index in [1.54, 1.807) is 0 Å². The van der Waals surface area contributed by atoms with Gasteiger partial charge in [-0.05, 0) is 26.3 Å². The smallest absolute Gasteiger partial charge is 0.336 e. The van der Waals surface area contributed by atoms with Crippen LogP contribution in [0.4, 0.5) is 11.4 Å². The molecule has 0 aliphatic carbocycles. The molecule has 1 aliphatic rings. The summed E-state index contributed by atoms with van der Waals surface area (Å²) in [6.45, 7) is 2.88. The molecule has 2 N–H and O–H groups in total. The maximum atomic E-state index is 11.9. The van der Waals surface area contributed by atoms with Crippen LogP contribution < -0.4 is 9.47 Å². The second kappa shape index (κ2) is 12.3. The fraction of sp³-hybridized carbons (Fsp3) is 0.375. The van der Waals surface area contributed by atoms with Crippen molar-refractivity contribution in [2.24, 2.45) is 5.92 Å². The first-order valence-corrected chi connectivity index (χ1v) is 12.3. The average Bonchev–Trinajstić information content (AvgIpc) is 3.34. The number of nitrogens with zero attached hydrogens (tertiary/aromatic N) is 4. The second-order valence-corrected chi connectivity index (χ2v) is 9.69. The summed E-state index contributed by atoms with van der Waals surface area (Å²) >= 11 is 12.4. The molecule has 0 saturated carbocycles. The fourth-order valence-electron chi connectivity index (χ4n) is 4.45. The number of ether oxygens (including phenoxy) is 2. The summed E-state index contributed by atoms with van der Waals surface area (Å²) in [4.78, 5) is 46.5. The maximum Gasteiger partial charge on any atom is 0.336 e. The Morgan fingerprint density at radius 1 is 1.10 bits per heavy atom. The van der Waals surface area contributed by atoms with Gasteiger partial charge < -0.3 is 19.7 Å². The zero-order valence-electron chi connectivity index (χ0n) is 21.1. The number of rotatable bonds is 11. The van der Waals surface area contributed by atoms with E-state index < -0.39 is 54.8 Å². The summed E-state index contributed by atoms with van der Waals surface area (Å²) in [6, 6.07) is 3.30. The largest absolute Gasteiger partial charge is 0.490 e. The highest BCUT2D eigenvalue weighted by Gasteiger charge is 2.33. The number of carbonyl (C=O) groups is 2. The molecule has 16 heteroatoms. The molecule has 2 unspecified atom stereocenters. The Labute approximate surface area is 236 Å². The highest BCUT2D eigenvalue weighted by molar-refractivity contribution is 6.35. The van der Waals surface area contributed by atoms with Crippen molar-refractivity contribution in [3.05, 3.63) is 64.7 Å². The Bertz CT molecular complexity index is 1400. The van der Waals surface area contributed by atoms with E-state index in [1.165, 1.54) is 13.8 Å². The minimum absolute atomic E-state index is 0.0596. The van der Waals surface area contributed by atoms with Crippen LogP contribution in [-0.2, 0) is 0 Å². The van der Waals surface area contributed by atoms with Gasteiger partial charge >= 0.3 is 11.9 Å². The molecule has 212 valence electrons. The molecule has 2 atom stereocenters. The molecule has 0 spiro atoms. The first-order chi connectivity index (χ1) is 18.8. The highest BCUT2D eigenvalue weighted by Crippen LogP contribution is 2.42. The molecule has 1 fully saturated rings. The molecule has 2 aromatic carbocycles. The monoisotopic (exact) mass is 596 g/mol. The normalized spacial score (nSPS) is 15.7. The number of halogens is 2. The van der Waals surface area contributed by atoms with E-state index in [4.69, 9.17) is 32.7 Å². The van der Waals surface area contributed by atoms with Gasteiger partial charge in [0.2, 0.25) is 0 Å². The van der Waals surface area contributed by atoms with Gasteiger partial charge in [-0.2, -0.15) is 5.26 Å². The van der Waals surface area contributed by atoms with Gasteiger partial charge in [-0.15, -0.1) is 0 Å². The molecule has 3 rings (SSSR count). The highest BCUT2D eigenvalue weighted by atomic mass is 35.5. The van der Waals surface area contributed by atoms with Gasteiger partial charge in [-0.3, -0.25) is 25.1 Å². The molecule has 1 aliphatic heterocycles. The Morgan fingerprint density at radius 2 is 1.75 bits per heavy atom. The topological polar surface area (TPSA) is 206 Å². The van der Waals surface area contributed by atoms with Crippen LogP contribution >= 0.6 is 23.2 Å². The number of carboxylic acid groups (broad SMARTS) is 2.